The summed E-state index contributed by atoms with van der Waals surface area (Å²) in [7, 11) is 0. The maximum atomic E-state index is 12.5. The molecule has 0 fully saturated rings. The highest BCUT2D eigenvalue weighted by Crippen LogP contribution is 2.32. The van der Waals surface area contributed by atoms with Crippen LogP contribution in [0.5, 0.6) is 0 Å². The molecule has 0 saturated carbocycles. The summed E-state index contributed by atoms with van der Waals surface area (Å²) < 4.78 is 39.0. The van der Waals surface area contributed by atoms with Gasteiger partial charge in [0.1, 0.15) is 0 Å². The Kier molecular flexibility index (Phi) is 3.34. The van der Waals surface area contributed by atoms with Gasteiger partial charge in [-0.05, 0) is 18.2 Å². The van der Waals surface area contributed by atoms with Gasteiger partial charge in [-0.15, -0.1) is 16.4 Å². The van der Waals surface area contributed by atoms with Gasteiger partial charge < -0.3 is 5.32 Å². The Morgan fingerprint density at radius 1 is 1.24 bits per heavy atom. The van der Waals surface area contributed by atoms with E-state index in [-0.39, 0.29) is 5.13 Å². The largest absolute Gasteiger partial charge is 0.434 e. The molecule has 21 heavy (non-hydrogen) atoms. The Morgan fingerprint density at radius 3 is 2.76 bits per heavy atom. The Hall–Kier alpha value is -2.42. The van der Waals surface area contributed by atoms with Gasteiger partial charge in [-0.2, -0.15) is 13.2 Å². The highest BCUT2D eigenvalue weighted by atomic mass is 32.1. The lowest BCUT2D eigenvalue weighted by atomic mass is 10.3. The third-order valence-corrected chi connectivity index (χ3v) is 3.34. The quantitative estimate of drug-likeness (QED) is 0.804. The van der Waals surface area contributed by atoms with Crippen molar-refractivity contribution in [3.8, 4) is 5.69 Å². The highest BCUT2D eigenvalue weighted by Gasteiger charge is 2.33. The number of alkyl halides is 3. The molecule has 9 heteroatoms. The molecule has 0 aliphatic heterocycles. The molecular formula is C12H8F3N5S. The first-order valence-electron chi connectivity index (χ1n) is 5.79. The Bertz CT molecular complexity index is 735. The van der Waals surface area contributed by atoms with Gasteiger partial charge in [0, 0.05) is 11.1 Å². The molecule has 0 unspecified atom stereocenters. The van der Waals surface area contributed by atoms with Gasteiger partial charge in [0.15, 0.2) is 10.8 Å². The molecule has 0 amide bonds. The molecule has 3 rings (SSSR count). The van der Waals surface area contributed by atoms with E-state index in [9.17, 15) is 13.2 Å². The minimum atomic E-state index is -4.43. The summed E-state index contributed by atoms with van der Waals surface area (Å²) >= 11 is 0.898. The van der Waals surface area contributed by atoms with Crippen molar-refractivity contribution in [3.05, 3.63) is 47.7 Å². The molecule has 108 valence electrons. The molecule has 1 aromatic carbocycles. The predicted molar refractivity (Wildman–Crippen MR) is 71.8 cm³/mol. The average Bonchev–Trinajstić information content (AvgIpc) is 3.09. The molecule has 0 aliphatic rings. The fourth-order valence-corrected chi connectivity index (χ4v) is 2.39. The van der Waals surface area contributed by atoms with Crippen LogP contribution in [0.2, 0.25) is 0 Å². The number of halogens is 3. The van der Waals surface area contributed by atoms with Crippen molar-refractivity contribution in [2.24, 2.45) is 0 Å². The number of hydrogen-bond donors (Lipinski definition) is 1. The molecule has 0 radical (unpaired) electrons. The van der Waals surface area contributed by atoms with Crippen molar-refractivity contribution in [3.63, 3.8) is 0 Å². The molecule has 3 aromatic rings. The Morgan fingerprint density at radius 2 is 2.10 bits per heavy atom. The third-order valence-electron chi connectivity index (χ3n) is 2.58. The number of nitrogens with one attached hydrogen (secondary N) is 1. The predicted octanol–water partition coefficient (Wildman–Crippen LogP) is 3.49. The average molecular weight is 311 g/mol. The smallest absolute Gasteiger partial charge is 0.331 e. The van der Waals surface area contributed by atoms with Gasteiger partial charge in [-0.1, -0.05) is 11.3 Å². The zero-order valence-electron chi connectivity index (χ0n) is 10.4. The SMILES string of the molecule is FC(F)(F)c1csc(Nc2cccc(-n3ccnn3)c2)n1. The van der Waals surface area contributed by atoms with Gasteiger partial charge in [0.2, 0.25) is 0 Å². The zero-order valence-corrected chi connectivity index (χ0v) is 11.2. The van der Waals surface area contributed by atoms with Gasteiger partial charge in [-0.25, -0.2) is 9.67 Å². The van der Waals surface area contributed by atoms with Crippen LogP contribution in [0.3, 0.4) is 0 Å². The van der Waals surface area contributed by atoms with E-state index in [0.717, 1.165) is 22.4 Å². The van der Waals surface area contributed by atoms with Crippen molar-refractivity contribution in [2.45, 2.75) is 6.18 Å². The lowest BCUT2D eigenvalue weighted by molar-refractivity contribution is -0.140. The number of thiazole rings is 1. The molecule has 0 saturated heterocycles. The van der Waals surface area contributed by atoms with Crippen LogP contribution in [-0.4, -0.2) is 20.0 Å². The lowest BCUT2D eigenvalue weighted by Crippen LogP contribution is -2.05. The van der Waals surface area contributed by atoms with Crippen LogP contribution in [0, 0.1) is 0 Å². The summed E-state index contributed by atoms with van der Waals surface area (Å²) in [6, 6.07) is 7.04. The molecule has 0 bridgehead atoms. The minimum absolute atomic E-state index is 0.179. The maximum Gasteiger partial charge on any atom is 0.434 e. The summed E-state index contributed by atoms with van der Waals surface area (Å²) in [5, 5.41) is 11.5. The topological polar surface area (TPSA) is 55.6 Å². The van der Waals surface area contributed by atoms with Gasteiger partial charge in [0.25, 0.3) is 0 Å². The van der Waals surface area contributed by atoms with E-state index in [1.807, 2.05) is 6.07 Å². The Labute approximate surface area is 121 Å². The van der Waals surface area contributed by atoms with Crippen LogP contribution in [-0.2, 0) is 6.18 Å². The van der Waals surface area contributed by atoms with E-state index in [1.54, 1.807) is 29.1 Å². The van der Waals surface area contributed by atoms with Crippen molar-refractivity contribution < 1.29 is 13.2 Å². The number of rotatable bonds is 3. The normalized spacial score (nSPS) is 11.6. The molecule has 2 aromatic heterocycles. The minimum Gasteiger partial charge on any atom is -0.331 e. The van der Waals surface area contributed by atoms with E-state index >= 15 is 0 Å². The fraction of sp³-hybridized carbons (Fsp3) is 0.0833. The van der Waals surface area contributed by atoms with Gasteiger partial charge >= 0.3 is 6.18 Å². The zero-order chi connectivity index (χ0) is 14.9. The molecule has 2 heterocycles. The van der Waals surface area contributed by atoms with E-state index < -0.39 is 11.9 Å². The van der Waals surface area contributed by atoms with E-state index in [0.29, 0.717) is 5.69 Å². The maximum absolute atomic E-state index is 12.5. The summed E-state index contributed by atoms with van der Waals surface area (Å²) in [5.41, 5.74) is 0.457. The Balaban J connectivity index is 1.82. The van der Waals surface area contributed by atoms with E-state index in [4.69, 9.17) is 0 Å². The summed E-state index contributed by atoms with van der Waals surface area (Å²) in [5.74, 6) is 0. The summed E-state index contributed by atoms with van der Waals surface area (Å²) in [6.45, 7) is 0. The van der Waals surface area contributed by atoms with Crippen molar-refractivity contribution in [1.82, 2.24) is 20.0 Å². The van der Waals surface area contributed by atoms with Crippen LogP contribution < -0.4 is 5.32 Å². The number of nitrogens with zero attached hydrogens (tertiary/aromatic N) is 4. The first-order chi connectivity index (χ1) is 10.0. The number of benzene rings is 1. The van der Waals surface area contributed by atoms with Crippen molar-refractivity contribution >= 4 is 22.2 Å². The van der Waals surface area contributed by atoms with Crippen LogP contribution >= 0.6 is 11.3 Å². The number of aromatic nitrogens is 4. The van der Waals surface area contributed by atoms with E-state index in [2.05, 4.69) is 20.6 Å². The molecule has 0 aliphatic carbocycles. The number of hydrogen-bond acceptors (Lipinski definition) is 5. The standard InChI is InChI=1S/C12H8F3N5S/c13-12(14,15)10-7-21-11(18-10)17-8-2-1-3-9(6-8)20-5-4-16-19-20/h1-7H,(H,17,18). The first kappa shape index (κ1) is 13.6. The fourth-order valence-electron chi connectivity index (χ4n) is 1.66. The van der Waals surface area contributed by atoms with Crippen molar-refractivity contribution in [2.75, 3.05) is 5.32 Å². The third kappa shape index (κ3) is 3.02. The molecule has 0 spiro atoms. The molecule has 0 atom stereocenters. The van der Waals surface area contributed by atoms with Crippen LogP contribution in [0.1, 0.15) is 5.69 Å². The van der Waals surface area contributed by atoms with Crippen LogP contribution in [0.4, 0.5) is 24.0 Å². The molecule has 5 nitrogen and oxygen atoms in total. The second-order valence-corrected chi connectivity index (χ2v) is 4.92. The van der Waals surface area contributed by atoms with Crippen LogP contribution in [0.15, 0.2) is 42.0 Å². The van der Waals surface area contributed by atoms with Gasteiger partial charge in [0.05, 0.1) is 18.1 Å². The van der Waals surface area contributed by atoms with Gasteiger partial charge in [-0.3, -0.25) is 0 Å². The molecular weight excluding hydrogens is 303 g/mol. The summed E-state index contributed by atoms with van der Waals surface area (Å²) in [6.07, 6.45) is -1.22. The first-order valence-corrected chi connectivity index (χ1v) is 6.67. The van der Waals surface area contributed by atoms with Crippen molar-refractivity contribution in [1.29, 1.82) is 0 Å². The number of anilines is 2. The summed E-state index contributed by atoms with van der Waals surface area (Å²) in [4.78, 5) is 3.52. The van der Waals surface area contributed by atoms with E-state index in [1.165, 1.54) is 6.20 Å². The molecule has 1 N–H and O–H groups in total. The highest BCUT2D eigenvalue weighted by molar-refractivity contribution is 7.13. The second-order valence-electron chi connectivity index (χ2n) is 4.06. The second kappa shape index (κ2) is 5.17. The van der Waals surface area contributed by atoms with Crippen LogP contribution in [0.25, 0.3) is 5.69 Å². The monoisotopic (exact) mass is 311 g/mol. The lowest BCUT2D eigenvalue weighted by Gasteiger charge is -2.05.